The second-order valence-corrected chi connectivity index (χ2v) is 14.3. The molecule has 0 saturated carbocycles. The summed E-state index contributed by atoms with van der Waals surface area (Å²) >= 11 is 0. The fourth-order valence-electron chi connectivity index (χ4n) is 5.57. The molecule has 6 atom stereocenters. The summed E-state index contributed by atoms with van der Waals surface area (Å²) in [5.74, 6) is -2.08. The molecule has 0 saturated heterocycles. The predicted octanol–water partition coefficient (Wildman–Crippen LogP) is 3.45. The molecule has 1 rings (SSSR count). The number of amides is 4. The molecule has 2 unspecified atom stereocenters. The summed E-state index contributed by atoms with van der Waals surface area (Å²) in [6.45, 7) is 20.8. The summed E-state index contributed by atoms with van der Waals surface area (Å²) in [4.78, 5) is 67.2. The van der Waals surface area contributed by atoms with Crippen LogP contribution in [-0.4, -0.2) is 83.0 Å². The number of hydrogen-bond donors (Lipinski definition) is 7. The third-order valence-corrected chi connectivity index (χ3v) is 8.84. The maximum atomic E-state index is 13.5. The highest BCUT2D eigenvalue weighted by molar-refractivity contribution is 5.90. The van der Waals surface area contributed by atoms with Gasteiger partial charge in [-0.05, 0) is 68.1 Å². The Morgan fingerprint density at radius 2 is 1.51 bits per heavy atom. The lowest BCUT2D eigenvalue weighted by Gasteiger charge is -2.31. The van der Waals surface area contributed by atoms with Gasteiger partial charge in [0.05, 0.1) is 12.1 Å². The molecule has 13 heteroatoms. The molecule has 1 aromatic rings. The monoisotopic (exact) mass is 715 g/mol. The summed E-state index contributed by atoms with van der Waals surface area (Å²) in [6, 6.07) is 1.25. The molecule has 0 spiro atoms. The lowest BCUT2D eigenvalue weighted by Crippen LogP contribution is -2.56. The van der Waals surface area contributed by atoms with E-state index in [1.807, 2.05) is 46.8 Å². The Bertz CT molecular complexity index is 1240. The van der Waals surface area contributed by atoms with Gasteiger partial charge in [0, 0.05) is 50.1 Å². The predicted molar refractivity (Wildman–Crippen MR) is 200 cm³/mol. The summed E-state index contributed by atoms with van der Waals surface area (Å²) in [7, 11) is 0. The van der Waals surface area contributed by atoms with Gasteiger partial charge in [-0.25, -0.2) is 0 Å². The second kappa shape index (κ2) is 24.2. The maximum Gasteiger partial charge on any atom is 0.303 e. The van der Waals surface area contributed by atoms with E-state index in [9.17, 15) is 24.0 Å². The highest BCUT2D eigenvalue weighted by atomic mass is 16.4. The molecule has 7 N–H and O–H groups in total. The molecule has 13 nitrogen and oxygen atoms in total. The quantitative estimate of drug-likeness (QED) is 0.0753. The smallest absolute Gasteiger partial charge is 0.303 e. The van der Waals surface area contributed by atoms with E-state index in [4.69, 9.17) is 5.11 Å². The Balaban J connectivity index is 2.86. The summed E-state index contributed by atoms with van der Waals surface area (Å²) in [6.07, 6.45) is 7.03. The minimum Gasteiger partial charge on any atom is -0.481 e. The molecular weight excluding hydrogens is 650 g/mol. The lowest BCUT2D eigenvalue weighted by atomic mass is 9.96. The number of aromatic nitrogens is 1. The van der Waals surface area contributed by atoms with Gasteiger partial charge in [-0.2, -0.15) is 0 Å². The molecule has 1 heterocycles. The van der Waals surface area contributed by atoms with Crippen molar-refractivity contribution in [2.45, 2.75) is 137 Å². The zero-order valence-corrected chi connectivity index (χ0v) is 32.1. The summed E-state index contributed by atoms with van der Waals surface area (Å²) in [5.41, 5.74) is 1.70. The van der Waals surface area contributed by atoms with Gasteiger partial charge in [0.25, 0.3) is 0 Å². The number of carbonyl (C=O) groups excluding carboxylic acids is 4. The standard InChI is InChI=1S/C38H65N7O6/c1-10-13-31(43-38(51)35(26(7)11-2)44-32(46)14-12-15-33(47)48)27(8)42-30(22-24(3)4)23-41-28(9)36(49)45-34(25(5)6)37(50)40-21-18-29-16-19-39-20-17-29/h16-17,19-20,24-26,28,30-31,34-35,41-42H,8,10-15,18,21-23H2,1-7,9H3,(H,40,50)(H,43,51)(H,44,46)(H,45,49)(H,47,48)/t26-,28-,30-,31-,34?,35?/m0/s1. The van der Waals surface area contributed by atoms with Gasteiger partial charge in [-0.1, -0.05) is 67.9 Å². The molecule has 51 heavy (non-hydrogen) atoms. The first-order valence-electron chi connectivity index (χ1n) is 18.6. The molecule has 1 aromatic heterocycles. The fraction of sp³-hybridized carbons (Fsp3) is 0.684. The molecule has 0 aliphatic rings. The summed E-state index contributed by atoms with van der Waals surface area (Å²) < 4.78 is 0. The largest absolute Gasteiger partial charge is 0.481 e. The number of hydrogen-bond acceptors (Lipinski definition) is 8. The molecule has 4 amide bonds. The molecule has 0 aromatic carbocycles. The third-order valence-electron chi connectivity index (χ3n) is 8.84. The Labute approximate surface area is 305 Å². The number of nitrogens with one attached hydrogen (secondary N) is 6. The van der Waals surface area contributed by atoms with Gasteiger partial charge in [0.15, 0.2) is 0 Å². The van der Waals surface area contributed by atoms with Crippen molar-refractivity contribution in [3.05, 3.63) is 42.4 Å². The van der Waals surface area contributed by atoms with E-state index in [1.54, 1.807) is 19.3 Å². The van der Waals surface area contributed by atoms with Crippen molar-refractivity contribution in [1.29, 1.82) is 0 Å². The molecule has 0 bridgehead atoms. The van der Waals surface area contributed by atoms with E-state index in [0.717, 1.165) is 18.4 Å². The SMILES string of the molecule is C=C(N[C@H](CN[C@@H](C)C(=O)NC(C(=O)NCCc1ccncc1)C(C)C)CC(C)C)[C@H](CCC)NC(=O)C(NC(=O)CCCC(=O)O)[C@@H](C)CC. The Hall–Kier alpha value is -4.00. The first-order valence-corrected chi connectivity index (χ1v) is 18.6. The van der Waals surface area contributed by atoms with Crippen LogP contribution >= 0.6 is 0 Å². The van der Waals surface area contributed by atoms with Crippen molar-refractivity contribution in [1.82, 2.24) is 36.9 Å². The van der Waals surface area contributed by atoms with Crippen LogP contribution in [0.15, 0.2) is 36.8 Å². The van der Waals surface area contributed by atoms with Crippen molar-refractivity contribution in [2.75, 3.05) is 13.1 Å². The average Bonchev–Trinajstić information content (AvgIpc) is 3.07. The second-order valence-electron chi connectivity index (χ2n) is 14.3. The first-order chi connectivity index (χ1) is 24.1. The molecule has 0 radical (unpaired) electrons. The van der Waals surface area contributed by atoms with Crippen LogP contribution in [0.5, 0.6) is 0 Å². The van der Waals surface area contributed by atoms with Crippen molar-refractivity contribution < 1.29 is 29.1 Å². The average molecular weight is 716 g/mol. The molecular formula is C38H65N7O6. The number of carbonyl (C=O) groups is 5. The van der Waals surface area contributed by atoms with Crippen molar-refractivity contribution >= 4 is 29.6 Å². The molecule has 0 fully saturated rings. The zero-order valence-electron chi connectivity index (χ0n) is 32.1. The van der Waals surface area contributed by atoms with Crippen LogP contribution in [0.3, 0.4) is 0 Å². The van der Waals surface area contributed by atoms with Crippen LogP contribution in [0.25, 0.3) is 0 Å². The van der Waals surface area contributed by atoms with Gasteiger partial charge in [0.2, 0.25) is 23.6 Å². The van der Waals surface area contributed by atoms with Crippen LogP contribution < -0.4 is 31.9 Å². The lowest BCUT2D eigenvalue weighted by molar-refractivity contribution is -0.137. The number of nitrogens with zero attached hydrogens (tertiary/aromatic N) is 1. The van der Waals surface area contributed by atoms with E-state index >= 15 is 0 Å². The van der Waals surface area contributed by atoms with E-state index in [-0.39, 0.29) is 60.8 Å². The number of carboxylic acids is 1. The normalized spacial score (nSPS) is 14.8. The van der Waals surface area contributed by atoms with Gasteiger partial charge in [-0.3, -0.25) is 29.0 Å². The van der Waals surface area contributed by atoms with E-state index in [2.05, 4.69) is 57.3 Å². The van der Waals surface area contributed by atoms with Gasteiger partial charge < -0.3 is 37.0 Å². The van der Waals surface area contributed by atoms with E-state index < -0.39 is 30.1 Å². The van der Waals surface area contributed by atoms with Crippen LogP contribution in [0.1, 0.15) is 106 Å². The molecule has 0 aliphatic carbocycles. The topological polar surface area (TPSA) is 191 Å². The number of pyridine rings is 1. The first kappa shape index (κ1) is 45.0. The maximum absolute atomic E-state index is 13.5. The third kappa shape index (κ3) is 18.2. The van der Waals surface area contributed by atoms with Gasteiger partial charge in [-0.15, -0.1) is 0 Å². The Kier molecular flexibility index (Phi) is 21.4. The molecule has 0 aliphatic heterocycles. The zero-order chi connectivity index (χ0) is 38.5. The minimum atomic E-state index is -0.968. The van der Waals surface area contributed by atoms with E-state index in [1.165, 1.54) is 0 Å². The van der Waals surface area contributed by atoms with Crippen LogP contribution in [-0.2, 0) is 30.4 Å². The minimum absolute atomic E-state index is 0.0256. The van der Waals surface area contributed by atoms with Crippen molar-refractivity contribution in [3.63, 3.8) is 0 Å². The fourth-order valence-corrected chi connectivity index (χ4v) is 5.57. The van der Waals surface area contributed by atoms with Crippen LogP contribution in [0, 0.1) is 17.8 Å². The van der Waals surface area contributed by atoms with E-state index in [0.29, 0.717) is 44.0 Å². The van der Waals surface area contributed by atoms with Crippen LogP contribution in [0.2, 0.25) is 0 Å². The number of rotatable bonds is 26. The van der Waals surface area contributed by atoms with Crippen LogP contribution in [0.4, 0.5) is 0 Å². The van der Waals surface area contributed by atoms with Gasteiger partial charge >= 0.3 is 5.97 Å². The molecule has 288 valence electrons. The summed E-state index contributed by atoms with van der Waals surface area (Å²) in [5, 5.41) is 27.5. The highest BCUT2D eigenvalue weighted by Gasteiger charge is 2.30. The van der Waals surface area contributed by atoms with Gasteiger partial charge in [0.1, 0.15) is 12.1 Å². The van der Waals surface area contributed by atoms with Crippen molar-refractivity contribution in [3.8, 4) is 0 Å². The number of aliphatic carboxylic acids is 1. The Morgan fingerprint density at radius 1 is 0.843 bits per heavy atom. The van der Waals surface area contributed by atoms with Crippen molar-refractivity contribution in [2.24, 2.45) is 17.8 Å². The number of carboxylic acid groups (broad SMARTS) is 1. The highest BCUT2D eigenvalue weighted by Crippen LogP contribution is 2.14. The Morgan fingerprint density at radius 3 is 2.08 bits per heavy atom.